The molecule has 100 valence electrons. The van der Waals surface area contributed by atoms with Gasteiger partial charge in [0.2, 0.25) is 0 Å². The summed E-state index contributed by atoms with van der Waals surface area (Å²) >= 11 is 1.81. The summed E-state index contributed by atoms with van der Waals surface area (Å²) in [5, 5.41) is 10.6. The Kier molecular flexibility index (Phi) is 4.36. The second-order valence-electron chi connectivity index (χ2n) is 5.54. The van der Waals surface area contributed by atoms with Gasteiger partial charge >= 0.3 is 0 Å². The third kappa shape index (κ3) is 3.28. The number of aliphatic hydroxyl groups is 1. The molecule has 0 fully saturated rings. The van der Waals surface area contributed by atoms with Crippen LogP contribution in [-0.2, 0) is 11.2 Å². The maximum absolute atomic E-state index is 10.3. The van der Waals surface area contributed by atoms with Crippen molar-refractivity contribution in [3.05, 3.63) is 29.8 Å². The van der Waals surface area contributed by atoms with Crippen LogP contribution in [-0.4, -0.2) is 29.2 Å². The fourth-order valence-corrected chi connectivity index (χ4v) is 3.55. The molecule has 1 N–H and O–H groups in total. The van der Waals surface area contributed by atoms with Gasteiger partial charge in [-0.1, -0.05) is 18.2 Å². The van der Waals surface area contributed by atoms with Crippen molar-refractivity contribution in [2.75, 3.05) is 7.11 Å². The zero-order valence-corrected chi connectivity index (χ0v) is 12.2. The molecule has 1 aliphatic rings. The molecule has 1 heterocycles. The summed E-state index contributed by atoms with van der Waals surface area (Å²) in [6.07, 6.45) is 2.41. The molecule has 2 rings (SSSR count). The zero-order valence-electron chi connectivity index (χ0n) is 11.3. The van der Waals surface area contributed by atoms with E-state index in [1.807, 2.05) is 11.8 Å². The molecule has 3 heteroatoms. The largest absolute Gasteiger partial charge is 0.392 e. The summed E-state index contributed by atoms with van der Waals surface area (Å²) in [4.78, 5) is 1.33. The second kappa shape index (κ2) is 5.64. The highest BCUT2D eigenvalue weighted by Gasteiger charge is 2.29. The average Bonchev–Trinajstić information content (AvgIpc) is 2.80. The SMILES string of the molecule is COC(C)(C)CCC(O)C1Cc2ccccc2S1. The van der Waals surface area contributed by atoms with Crippen molar-refractivity contribution < 1.29 is 9.84 Å². The minimum absolute atomic E-state index is 0.142. The lowest BCUT2D eigenvalue weighted by atomic mass is 9.97. The Bertz CT molecular complexity index is 378. The highest BCUT2D eigenvalue weighted by atomic mass is 32.2. The highest BCUT2D eigenvalue weighted by molar-refractivity contribution is 8.00. The first-order valence-electron chi connectivity index (χ1n) is 6.49. The van der Waals surface area contributed by atoms with E-state index in [1.165, 1.54) is 10.5 Å². The van der Waals surface area contributed by atoms with Gasteiger partial charge in [-0.15, -0.1) is 11.8 Å². The third-order valence-electron chi connectivity index (χ3n) is 3.70. The lowest BCUT2D eigenvalue weighted by molar-refractivity contribution is 0.00295. The van der Waals surface area contributed by atoms with E-state index in [9.17, 15) is 5.11 Å². The maximum atomic E-state index is 10.3. The number of benzene rings is 1. The van der Waals surface area contributed by atoms with Crippen LogP contribution < -0.4 is 0 Å². The van der Waals surface area contributed by atoms with Crippen molar-refractivity contribution in [3.8, 4) is 0 Å². The van der Waals surface area contributed by atoms with E-state index < -0.39 is 0 Å². The van der Waals surface area contributed by atoms with Gasteiger partial charge in [-0.2, -0.15) is 0 Å². The summed E-state index contributed by atoms with van der Waals surface area (Å²) in [5.74, 6) is 0. The Morgan fingerprint density at radius 1 is 1.44 bits per heavy atom. The minimum atomic E-state index is -0.253. The quantitative estimate of drug-likeness (QED) is 0.887. The standard InChI is InChI=1S/C15H22O2S/c1-15(2,17-3)9-8-12(16)14-10-11-6-4-5-7-13(11)18-14/h4-7,12,14,16H,8-10H2,1-3H3. The smallest absolute Gasteiger partial charge is 0.0666 e. The number of fused-ring (bicyclic) bond motifs is 1. The Hall–Kier alpha value is -0.510. The second-order valence-corrected chi connectivity index (χ2v) is 6.82. The van der Waals surface area contributed by atoms with E-state index in [4.69, 9.17) is 4.74 Å². The average molecular weight is 266 g/mol. The van der Waals surface area contributed by atoms with Crippen LogP contribution in [0.1, 0.15) is 32.3 Å². The first kappa shape index (κ1) is 13.9. The zero-order chi connectivity index (χ0) is 13.2. The summed E-state index contributed by atoms with van der Waals surface area (Å²) in [5.41, 5.74) is 1.23. The Morgan fingerprint density at radius 2 is 2.17 bits per heavy atom. The summed E-state index contributed by atoms with van der Waals surface area (Å²) in [7, 11) is 1.73. The first-order valence-corrected chi connectivity index (χ1v) is 7.37. The molecule has 1 aromatic carbocycles. The van der Waals surface area contributed by atoms with Crippen molar-refractivity contribution in [1.82, 2.24) is 0 Å². The summed E-state index contributed by atoms with van der Waals surface area (Å²) in [6.45, 7) is 4.13. The molecular weight excluding hydrogens is 244 g/mol. The molecule has 0 saturated heterocycles. The van der Waals surface area contributed by atoms with Crippen molar-refractivity contribution in [3.63, 3.8) is 0 Å². The van der Waals surface area contributed by atoms with Gasteiger partial charge in [-0.05, 0) is 44.7 Å². The van der Waals surface area contributed by atoms with Crippen molar-refractivity contribution in [2.45, 2.75) is 55.0 Å². The fourth-order valence-electron chi connectivity index (χ4n) is 2.21. The number of aliphatic hydroxyl groups excluding tert-OH is 1. The van der Waals surface area contributed by atoms with Crippen LogP contribution in [0, 0.1) is 0 Å². The van der Waals surface area contributed by atoms with Crippen molar-refractivity contribution >= 4 is 11.8 Å². The van der Waals surface area contributed by atoms with Crippen molar-refractivity contribution in [1.29, 1.82) is 0 Å². The van der Waals surface area contributed by atoms with E-state index in [1.54, 1.807) is 7.11 Å². The van der Waals surface area contributed by atoms with Gasteiger partial charge in [-0.25, -0.2) is 0 Å². The van der Waals surface area contributed by atoms with Crippen LogP contribution in [0.4, 0.5) is 0 Å². The molecule has 0 aliphatic carbocycles. The van der Waals surface area contributed by atoms with Crippen LogP contribution in [0.2, 0.25) is 0 Å². The van der Waals surface area contributed by atoms with E-state index in [-0.39, 0.29) is 11.7 Å². The number of hydrogen-bond acceptors (Lipinski definition) is 3. The predicted octanol–water partition coefficient (Wildman–Crippen LogP) is 3.27. The molecule has 1 aromatic rings. The van der Waals surface area contributed by atoms with Gasteiger partial charge in [-0.3, -0.25) is 0 Å². The fraction of sp³-hybridized carbons (Fsp3) is 0.600. The van der Waals surface area contributed by atoms with Gasteiger partial charge in [0.25, 0.3) is 0 Å². The van der Waals surface area contributed by atoms with Gasteiger partial charge in [0.15, 0.2) is 0 Å². The van der Waals surface area contributed by atoms with Crippen molar-refractivity contribution in [2.24, 2.45) is 0 Å². The molecule has 1 aliphatic heterocycles. The van der Waals surface area contributed by atoms with Gasteiger partial charge in [0.1, 0.15) is 0 Å². The normalized spacial score (nSPS) is 20.8. The molecule has 18 heavy (non-hydrogen) atoms. The van der Waals surface area contributed by atoms with Crippen LogP contribution in [0.15, 0.2) is 29.2 Å². The molecule has 2 unspecified atom stereocenters. The third-order valence-corrected chi connectivity index (χ3v) is 5.13. The molecule has 0 radical (unpaired) electrons. The predicted molar refractivity (Wildman–Crippen MR) is 76.1 cm³/mol. The minimum Gasteiger partial charge on any atom is -0.392 e. The van der Waals surface area contributed by atoms with E-state index >= 15 is 0 Å². The number of ether oxygens (including phenoxy) is 1. The number of hydrogen-bond donors (Lipinski definition) is 1. The number of thioether (sulfide) groups is 1. The monoisotopic (exact) mass is 266 g/mol. The Morgan fingerprint density at radius 3 is 2.83 bits per heavy atom. The van der Waals surface area contributed by atoms with E-state index in [2.05, 4.69) is 38.1 Å². The lowest BCUT2D eigenvalue weighted by Gasteiger charge is -2.25. The molecule has 0 saturated carbocycles. The molecule has 0 bridgehead atoms. The van der Waals surface area contributed by atoms with Crippen LogP contribution in [0.25, 0.3) is 0 Å². The number of rotatable bonds is 5. The van der Waals surface area contributed by atoms with Gasteiger partial charge in [0.05, 0.1) is 11.7 Å². The molecule has 0 spiro atoms. The van der Waals surface area contributed by atoms with Crippen LogP contribution >= 0.6 is 11.8 Å². The van der Waals surface area contributed by atoms with E-state index in [0.717, 1.165) is 19.3 Å². The molecule has 0 aromatic heterocycles. The molecule has 2 atom stereocenters. The van der Waals surface area contributed by atoms with Crippen LogP contribution in [0.3, 0.4) is 0 Å². The summed E-state index contributed by atoms with van der Waals surface area (Å²) in [6, 6.07) is 8.44. The summed E-state index contributed by atoms with van der Waals surface area (Å²) < 4.78 is 5.39. The topological polar surface area (TPSA) is 29.5 Å². The Labute approximate surface area is 114 Å². The highest BCUT2D eigenvalue weighted by Crippen LogP contribution is 2.39. The van der Waals surface area contributed by atoms with Crippen LogP contribution in [0.5, 0.6) is 0 Å². The maximum Gasteiger partial charge on any atom is 0.0666 e. The van der Waals surface area contributed by atoms with Gasteiger partial charge in [0, 0.05) is 17.3 Å². The number of methoxy groups -OCH3 is 1. The Balaban J connectivity index is 1.88. The molecular formula is C15H22O2S. The molecule has 0 amide bonds. The van der Waals surface area contributed by atoms with E-state index in [0.29, 0.717) is 5.25 Å². The lowest BCUT2D eigenvalue weighted by Crippen LogP contribution is -2.28. The van der Waals surface area contributed by atoms with Gasteiger partial charge < -0.3 is 9.84 Å². The molecule has 2 nitrogen and oxygen atoms in total. The first-order chi connectivity index (χ1) is 8.52.